The van der Waals surface area contributed by atoms with Crippen molar-refractivity contribution >= 4 is 23.3 Å². The Kier molecular flexibility index (Phi) is 7.81. The van der Waals surface area contributed by atoms with E-state index in [2.05, 4.69) is 16.0 Å². The molecule has 0 radical (unpaired) electrons. The summed E-state index contributed by atoms with van der Waals surface area (Å²) >= 11 is 0. The molecule has 3 atom stereocenters. The Bertz CT molecular complexity index is 1140. The maximum absolute atomic E-state index is 13.1. The molecule has 0 fully saturated rings. The summed E-state index contributed by atoms with van der Waals surface area (Å²) in [5, 5.41) is 29.7. The Labute approximate surface area is 204 Å². The number of nitrogens with zero attached hydrogens (tertiary/aromatic N) is 1. The van der Waals surface area contributed by atoms with Crippen LogP contribution in [-0.2, 0) is 9.59 Å². The van der Waals surface area contributed by atoms with E-state index in [9.17, 15) is 24.6 Å². The molecule has 0 aromatic heterocycles. The lowest BCUT2D eigenvalue weighted by Gasteiger charge is -2.34. The molecule has 2 aromatic carbocycles. The largest absolute Gasteiger partial charge is 0.505 e. The summed E-state index contributed by atoms with van der Waals surface area (Å²) < 4.78 is 0. The summed E-state index contributed by atoms with van der Waals surface area (Å²) in [4.78, 5) is 39.1. The SMILES string of the molecule is CC(C)[C@H](NC1=C(Nc2cccc(C(=O)N(C)C)c2O)C(=O)C1O)C(=O)N[C@H](C)c1ccccc1. The van der Waals surface area contributed by atoms with Crippen LogP contribution in [0.15, 0.2) is 59.9 Å². The first-order valence-corrected chi connectivity index (χ1v) is 11.4. The first-order chi connectivity index (χ1) is 16.5. The Balaban J connectivity index is 1.83. The highest BCUT2D eigenvalue weighted by molar-refractivity contribution is 6.11. The fourth-order valence-electron chi connectivity index (χ4n) is 3.76. The number of aliphatic hydroxyl groups is 1. The number of hydrogen-bond donors (Lipinski definition) is 5. The normalized spacial score (nSPS) is 16.9. The molecule has 0 aliphatic heterocycles. The van der Waals surface area contributed by atoms with Gasteiger partial charge in [0.2, 0.25) is 11.7 Å². The van der Waals surface area contributed by atoms with Crippen LogP contribution < -0.4 is 16.0 Å². The van der Waals surface area contributed by atoms with Crippen LogP contribution >= 0.6 is 0 Å². The fraction of sp³-hybridized carbons (Fsp3) is 0.346. The number of anilines is 1. The lowest BCUT2D eigenvalue weighted by Crippen LogP contribution is -2.54. The van der Waals surface area contributed by atoms with E-state index in [0.717, 1.165) is 5.56 Å². The highest BCUT2D eigenvalue weighted by Gasteiger charge is 2.41. The quantitative estimate of drug-likeness (QED) is 0.348. The number of para-hydroxylation sites is 1. The van der Waals surface area contributed by atoms with Crippen molar-refractivity contribution in [3.63, 3.8) is 0 Å². The highest BCUT2D eigenvalue weighted by atomic mass is 16.3. The van der Waals surface area contributed by atoms with Crippen LogP contribution in [0.3, 0.4) is 0 Å². The molecule has 2 amide bonds. The summed E-state index contributed by atoms with van der Waals surface area (Å²) in [6.07, 6.45) is -1.42. The van der Waals surface area contributed by atoms with Gasteiger partial charge in [0.05, 0.1) is 23.0 Å². The van der Waals surface area contributed by atoms with Crippen molar-refractivity contribution in [3.05, 3.63) is 71.1 Å². The van der Waals surface area contributed by atoms with Crippen molar-refractivity contribution in [2.75, 3.05) is 19.4 Å². The number of Topliss-reactive ketones (excluding diaryl/α,β-unsaturated/α-hetero) is 1. The molecular weight excluding hydrogens is 448 g/mol. The zero-order valence-corrected chi connectivity index (χ0v) is 20.5. The van der Waals surface area contributed by atoms with E-state index in [1.165, 1.54) is 17.0 Å². The van der Waals surface area contributed by atoms with Gasteiger partial charge in [0.25, 0.3) is 5.91 Å². The molecule has 9 nitrogen and oxygen atoms in total. The molecule has 35 heavy (non-hydrogen) atoms. The molecule has 186 valence electrons. The van der Waals surface area contributed by atoms with Gasteiger partial charge in [0, 0.05) is 14.1 Å². The van der Waals surface area contributed by atoms with Crippen LogP contribution in [0.1, 0.15) is 42.7 Å². The summed E-state index contributed by atoms with van der Waals surface area (Å²) in [6.45, 7) is 5.59. The predicted octanol–water partition coefficient (Wildman–Crippen LogP) is 2.15. The number of benzene rings is 2. The molecule has 1 unspecified atom stereocenters. The number of phenolic OH excluding ortho intramolecular Hbond substituents is 1. The van der Waals surface area contributed by atoms with Crippen LogP contribution in [-0.4, -0.2) is 59.0 Å². The van der Waals surface area contributed by atoms with Crippen molar-refractivity contribution in [3.8, 4) is 5.75 Å². The van der Waals surface area contributed by atoms with Crippen molar-refractivity contribution < 1.29 is 24.6 Å². The summed E-state index contributed by atoms with van der Waals surface area (Å²) in [6, 6.07) is 13.1. The van der Waals surface area contributed by atoms with E-state index >= 15 is 0 Å². The van der Waals surface area contributed by atoms with Gasteiger partial charge in [-0.25, -0.2) is 0 Å². The molecule has 2 aromatic rings. The van der Waals surface area contributed by atoms with Gasteiger partial charge < -0.3 is 31.1 Å². The molecule has 0 bridgehead atoms. The smallest absolute Gasteiger partial charge is 0.257 e. The number of nitrogens with one attached hydrogen (secondary N) is 3. The third-order valence-electron chi connectivity index (χ3n) is 5.89. The van der Waals surface area contributed by atoms with Gasteiger partial charge in [0.1, 0.15) is 11.7 Å². The Hall–Kier alpha value is -3.85. The van der Waals surface area contributed by atoms with Crippen molar-refractivity contribution in [1.29, 1.82) is 0 Å². The molecule has 3 rings (SSSR count). The van der Waals surface area contributed by atoms with Crippen LogP contribution in [0.25, 0.3) is 0 Å². The maximum Gasteiger partial charge on any atom is 0.257 e. The summed E-state index contributed by atoms with van der Waals surface area (Å²) in [5.41, 5.74) is 1.33. The Morgan fingerprint density at radius 3 is 2.26 bits per heavy atom. The van der Waals surface area contributed by atoms with Gasteiger partial charge in [-0.15, -0.1) is 0 Å². The molecule has 0 spiro atoms. The second-order valence-electron chi connectivity index (χ2n) is 9.09. The molecule has 1 aliphatic carbocycles. The average molecular weight is 481 g/mol. The lowest BCUT2D eigenvalue weighted by atomic mass is 9.92. The van der Waals surface area contributed by atoms with Gasteiger partial charge >= 0.3 is 0 Å². The second kappa shape index (κ2) is 10.6. The number of aliphatic hydroxyl groups excluding tert-OH is 1. The maximum atomic E-state index is 13.1. The monoisotopic (exact) mass is 480 g/mol. The minimum atomic E-state index is -1.42. The van der Waals surface area contributed by atoms with E-state index in [-0.39, 0.29) is 46.3 Å². The molecule has 0 saturated heterocycles. The average Bonchev–Trinajstić information content (AvgIpc) is 2.83. The van der Waals surface area contributed by atoms with E-state index in [1.54, 1.807) is 20.2 Å². The zero-order valence-electron chi connectivity index (χ0n) is 20.5. The number of carbonyl (C=O) groups is 3. The van der Waals surface area contributed by atoms with Crippen molar-refractivity contribution in [1.82, 2.24) is 15.5 Å². The molecule has 0 heterocycles. The number of hydrogen-bond acceptors (Lipinski definition) is 7. The minimum absolute atomic E-state index is 0.0248. The molecule has 1 aliphatic rings. The van der Waals surface area contributed by atoms with Gasteiger partial charge in [-0.1, -0.05) is 50.2 Å². The second-order valence-corrected chi connectivity index (χ2v) is 9.09. The first kappa shape index (κ1) is 25.8. The van der Waals surface area contributed by atoms with Gasteiger partial charge in [-0.2, -0.15) is 0 Å². The van der Waals surface area contributed by atoms with Crippen LogP contribution in [0.4, 0.5) is 5.69 Å². The number of phenols is 1. The van der Waals surface area contributed by atoms with Crippen molar-refractivity contribution in [2.45, 2.75) is 39.0 Å². The van der Waals surface area contributed by atoms with Crippen LogP contribution in [0.2, 0.25) is 0 Å². The summed E-state index contributed by atoms with van der Waals surface area (Å²) in [7, 11) is 3.13. The Morgan fingerprint density at radius 1 is 1.00 bits per heavy atom. The van der Waals surface area contributed by atoms with Gasteiger partial charge in [0.15, 0.2) is 11.9 Å². The molecular formula is C26H32N4O5. The van der Waals surface area contributed by atoms with Crippen molar-refractivity contribution in [2.24, 2.45) is 5.92 Å². The minimum Gasteiger partial charge on any atom is -0.505 e. The van der Waals surface area contributed by atoms with Gasteiger partial charge in [-0.3, -0.25) is 14.4 Å². The molecule has 9 heteroatoms. The standard InChI is InChI=1S/C26H32N4O5/c1-14(2)19(25(34)27-15(3)16-10-7-6-8-11-16)29-21-20(23(32)24(21)33)28-18-13-9-12-17(22(18)31)26(35)30(4)5/h6-15,19,24,28-29,31,33H,1-5H3,(H,27,34)/t15-,19+,24?/m1/s1. The van der Waals surface area contributed by atoms with E-state index in [4.69, 9.17) is 0 Å². The number of ketones is 1. The molecule has 0 saturated carbocycles. The number of rotatable bonds is 9. The number of aromatic hydroxyl groups is 1. The number of carbonyl (C=O) groups excluding carboxylic acids is 3. The summed E-state index contributed by atoms with van der Waals surface area (Å²) in [5.74, 6) is -1.75. The zero-order chi connectivity index (χ0) is 25.9. The fourth-order valence-corrected chi connectivity index (χ4v) is 3.76. The van der Waals surface area contributed by atoms with Crippen LogP contribution in [0, 0.1) is 5.92 Å². The van der Waals surface area contributed by atoms with Gasteiger partial charge in [-0.05, 0) is 30.5 Å². The predicted molar refractivity (Wildman–Crippen MR) is 133 cm³/mol. The van der Waals surface area contributed by atoms with E-state index in [0.29, 0.717) is 0 Å². The lowest BCUT2D eigenvalue weighted by molar-refractivity contribution is -0.127. The van der Waals surface area contributed by atoms with E-state index < -0.39 is 23.8 Å². The molecule has 5 N–H and O–H groups in total. The van der Waals surface area contributed by atoms with E-state index in [1.807, 2.05) is 51.1 Å². The number of amides is 2. The third-order valence-corrected chi connectivity index (χ3v) is 5.89. The van der Waals surface area contributed by atoms with Crippen LogP contribution in [0.5, 0.6) is 5.75 Å². The first-order valence-electron chi connectivity index (χ1n) is 11.4. The third kappa shape index (κ3) is 5.46. The topological polar surface area (TPSA) is 131 Å². The Morgan fingerprint density at radius 2 is 1.66 bits per heavy atom. The highest BCUT2D eigenvalue weighted by Crippen LogP contribution is 2.33.